The van der Waals surface area contributed by atoms with E-state index in [2.05, 4.69) is 0 Å². The number of furan rings is 1. The average Bonchev–Trinajstić information content (AvgIpc) is 3.07. The fourth-order valence-corrected chi connectivity index (χ4v) is 2.66. The first-order chi connectivity index (χ1) is 9.58. The Morgan fingerprint density at radius 1 is 1.40 bits per heavy atom. The molecule has 1 aromatic heterocycles. The van der Waals surface area contributed by atoms with Gasteiger partial charge in [0.1, 0.15) is 6.54 Å². The molecule has 1 N–H and O–H groups in total. The van der Waals surface area contributed by atoms with Gasteiger partial charge in [0, 0.05) is 18.7 Å². The van der Waals surface area contributed by atoms with Crippen molar-refractivity contribution in [1.82, 2.24) is 9.80 Å². The Bertz CT molecular complexity index is 452. The number of urea groups is 1. The van der Waals surface area contributed by atoms with Gasteiger partial charge in [-0.15, -0.1) is 0 Å². The van der Waals surface area contributed by atoms with Gasteiger partial charge in [0.2, 0.25) is 0 Å². The van der Waals surface area contributed by atoms with E-state index in [0.717, 1.165) is 31.2 Å². The Morgan fingerprint density at radius 3 is 2.65 bits per heavy atom. The molecule has 0 aliphatic heterocycles. The first-order valence-corrected chi connectivity index (χ1v) is 6.82. The van der Waals surface area contributed by atoms with Crippen molar-refractivity contribution in [3.8, 4) is 0 Å². The van der Waals surface area contributed by atoms with Crippen LogP contribution in [-0.4, -0.2) is 46.5 Å². The van der Waals surface area contributed by atoms with Crippen molar-refractivity contribution >= 4 is 12.0 Å². The van der Waals surface area contributed by atoms with Gasteiger partial charge in [-0.05, 0) is 18.9 Å². The van der Waals surface area contributed by atoms with Crippen molar-refractivity contribution in [3.05, 3.63) is 24.2 Å². The number of amides is 2. The lowest BCUT2D eigenvalue weighted by Gasteiger charge is -2.31. The number of aliphatic carboxylic acids is 1. The number of hydrogen-bond donors (Lipinski definition) is 1. The molecule has 2 rings (SSSR count). The van der Waals surface area contributed by atoms with Crippen LogP contribution in [0.3, 0.4) is 0 Å². The third-order valence-corrected chi connectivity index (χ3v) is 3.64. The molecule has 0 unspecified atom stereocenters. The second-order valence-corrected chi connectivity index (χ2v) is 5.23. The molecule has 1 saturated carbocycles. The Balaban J connectivity index is 2.02. The summed E-state index contributed by atoms with van der Waals surface area (Å²) in [7, 11) is 1.68. The average molecular weight is 280 g/mol. The van der Waals surface area contributed by atoms with E-state index in [0.29, 0.717) is 6.54 Å². The van der Waals surface area contributed by atoms with E-state index in [1.54, 1.807) is 25.6 Å². The zero-order chi connectivity index (χ0) is 14.5. The van der Waals surface area contributed by atoms with Gasteiger partial charge in [0.05, 0.1) is 19.1 Å². The maximum atomic E-state index is 12.4. The fraction of sp³-hybridized carbons (Fsp3) is 0.571. The zero-order valence-corrected chi connectivity index (χ0v) is 11.6. The lowest BCUT2D eigenvalue weighted by atomic mass is 10.2. The Labute approximate surface area is 118 Å². The third kappa shape index (κ3) is 3.53. The van der Waals surface area contributed by atoms with Crippen molar-refractivity contribution in [2.45, 2.75) is 38.3 Å². The minimum Gasteiger partial charge on any atom is -0.480 e. The second-order valence-electron chi connectivity index (χ2n) is 5.23. The number of carboxylic acids is 1. The largest absolute Gasteiger partial charge is 0.480 e. The van der Waals surface area contributed by atoms with Gasteiger partial charge in [-0.2, -0.15) is 0 Å². The summed E-state index contributed by atoms with van der Waals surface area (Å²) in [5.74, 6) is -0.970. The summed E-state index contributed by atoms with van der Waals surface area (Å²) in [6.45, 7) is 0.178. The summed E-state index contributed by atoms with van der Waals surface area (Å²) in [5.41, 5.74) is 0.891. The van der Waals surface area contributed by atoms with E-state index in [1.807, 2.05) is 0 Å². The molecule has 20 heavy (non-hydrogen) atoms. The molecule has 1 aliphatic carbocycles. The molecule has 0 atom stereocenters. The van der Waals surface area contributed by atoms with Crippen LogP contribution in [0.5, 0.6) is 0 Å². The predicted octanol–water partition coefficient (Wildman–Crippen LogP) is 2.16. The standard InChI is InChI=1S/C14H20N2O4/c1-15(8-11-6-7-20-10-11)14(19)16(9-13(17)18)12-4-2-3-5-12/h6-7,10,12H,2-5,8-9H2,1H3,(H,17,18). The molecule has 0 saturated heterocycles. The van der Waals surface area contributed by atoms with Gasteiger partial charge >= 0.3 is 12.0 Å². The molecule has 6 heteroatoms. The van der Waals surface area contributed by atoms with Crippen LogP contribution in [0.2, 0.25) is 0 Å². The molecule has 0 radical (unpaired) electrons. The van der Waals surface area contributed by atoms with Crippen molar-refractivity contribution in [2.24, 2.45) is 0 Å². The van der Waals surface area contributed by atoms with Gasteiger partial charge in [0.25, 0.3) is 0 Å². The molecule has 6 nitrogen and oxygen atoms in total. The summed E-state index contributed by atoms with van der Waals surface area (Å²) in [6, 6.07) is 1.60. The molecule has 0 aromatic carbocycles. The Kier molecular flexibility index (Phi) is 4.65. The highest BCUT2D eigenvalue weighted by atomic mass is 16.4. The van der Waals surface area contributed by atoms with Crippen LogP contribution in [0.1, 0.15) is 31.2 Å². The normalized spacial score (nSPS) is 15.2. The lowest BCUT2D eigenvalue weighted by molar-refractivity contribution is -0.138. The molecule has 1 fully saturated rings. The highest BCUT2D eigenvalue weighted by molar-refractivity contribution is 5.80. The molecular weight excluding hydrogens is 260 g/mol. The molecule has 110 valence electrons. The second kappa shape index (κ2) is 6.45. The van der Waals surface area contributed by atoms with E-state index in [4.69, 9.17) is 9.52 Å². The molecule has 0 bridgehead atoms. The topological polar surface area (TPSA) is 74.0 Å². The maximum Gasteiger partial charge on any atom is 0.323 e. The van der Waals surface area contributed by atoms with E-state index >= 15 is 0 Å². The van der Waals surface area contributed by atoms with E-state index in [-0.39, 0.29) is 18.6 Å². The first-order valence-electron chi connectivity index (χ1n) is 6.82. The number of carbonyl (C=O) groups is 2. The number of nitrogens with zero attached hydrogens (tertiary/aromatic N) is 2. The summed E-state index contributed by atoms with van der Waals surface area (Å²) in [4.78, 5) is 26.4. The highest BCUT2D eigenvalue weighted by Crippen LogP contribution is 2.24. The van der Waals surface area contributed by atoms with Crippen molar-refractivity contribution < 1.29 is 19.1 Å². The molecule has 1 aromatic rings. The number of carbonyl (C=O) groups excluding carboxylic acids is 1. The van der Waals surface area contributed by atoms with Gasteiger partial charge in [-0.1, -0.05) is 12.8 Å². The van der Waals surface area contributed by atoms with Crippen LogP contribution >= 0.6 is 0 Å². The van der Waals surface area contributed by atoms with Crippen molar-refractivity contribution in [3.63, 3.8) is 0 Å². The summed E-state index contributed by atoms with van der Waals surface area (Å²) < 4.78 is 4.97. The highest BCUT2D eigenvalue weighted by Gasteiger charge is 2.30. The predicted molar refractivity (Wildman–Crippen MR) is 72.2 cm³/mol. The minimum absolute atomic E-state index is 0.0467. The number of rotatable bonds is 5. The third-order valence-electron chi connectivity index (χ3n) is 3.64. The van der Waals surface area contributed by atoms with E-state index in [9.17, 15) is 9.59 Å². The molecule has 1 aliphatic rings. The van der Waals surface area contributed by atoms with Crippen molar-refractivity contribution in [1.29, 1.82) is 0 Å². The Morgan fingerprint density at radius 2 is 2.10 bits per heavy atom. The summed E-state index contributed by atoms with van der Waals surface area (Å²) in [6.07, 6.45) is 7.02. The van der Waals surface area contributed by atoms with Crippen LogP contribution < -0.4 is 0 Å². The van der Waals surface area contributed by atoms with Crippen molar-refractivity contribution in [2.75, 3.05) is 13.6 Å². The summed E-state index contributed by atoms with van der Waals surface area (Å²) >= 11 is 0. The summed E-state index contributed by atoms with van der Waals surface area (Å²) in [5, 5.41) is 9.00. The fourth-order valence-electron chi connectivity index (χ4n) is 2.66. The van der Waals surface area contributed by atoms with Gasteiger partial charge < -0.3 is 19.3 Å². The molecular formula is C14H20N2O4. The quantitative estimate of drug-likeness (QED) is 0.897. The van der Waals surface area contributed by atoms with Gasteiger partial charge in [0.15, 0.2) is 0 Å². The molecule has 1 heterocycles. The SMILES string of the molecule is CN(Cc1ccoc1)C(=O)N(CC(=O)O)C1CCCC1. The van der Waals surface area contributed by atoms with Crippen LogP contribution in [0, 0.1) is 0 Å². The Hall–Kier alpha value is -1.98. The monoisotopic (exact) mass is 280 g/mol. The smallest absolute Gasteiger partial charge is 0.323 e. The number of hydrogen-bond acceptors (Lipinski definition) is 3. The maximum absolute atomic E-state index is 12.4. The van der Waals surface area contributed by atoms with Crippen LogP contribution in [-0.2, 0) is 11.3 Å². The van der Waals surface area contributed by atoms with Gasteiger partial charge in [-0.3, -0.25) is 4.79 Å². The van der Waals surface area contributed by atoms with Gasteiger partial charge in [-0.25, -0.2) is 4.79 Å². The van der Waals surface area contributed by atoms with Crippen LogP contribution in [0.4, 0.5) is 4.79 Å². The minimum atomic E-state index is -0.970. The van der Waals surface area contributed by atoms with Crippen LogP contribution in [0.15, 0.2) is 23.0 Å². The first kappa shape index (κ1) is 14.4. The molecule has 0 spiro atoms. The van der Waals surface area contributed by atoms with E-state index in [1.165, 1.54) is 9.80 Å². The van der Waals surface area contributed by atoms with E-state index < -0.39 is 5.97 Å². The number of carboxylic acid groups (broad SMARTS) is 1. The zero-order valence-electron chi connectivity index (χ0n) is 11.6. The lowest BCUT2D eigenvalue weighted by Crippen LogP contribution is -2.48. The van der Waals surface area contributed by atoms with Crippen LogP contribution in [0.25, 0.3) is 0 Å². The molecule has 2 amide bonds.